The third-order valence-corrected chi connectivity index (χ3v) is 6.44. The van der Waals surface area contributed by atoms with Gasteiger partial charge in [0.2, 0.25) is 5.91 Å². The Bertz CT molecular complexity index is 1310. The number of nitrogens with zero attached hydrogens (tertiary/aromatic N) is 3. The zero-order valence-corrected chi connectivity index (χ0v) is 19.7. The molecule has 0 bridgehead atoms. The molecule has 0 unspecified atom stereocenters. The number of aryl methyl sites for hydroxylation is 1. The molecular weight excluding hydrogens is 436 g/mol. The minimum absolute atomic E-state index is 0.0775. The lowest BCUT2D eigenvalue weighted by Crippen LogP contribution is -2.36. The summed E-state index contributed by atoms with van der Waals surface area (Å²) < 4.78 is 1.90. The average molecular weight is 465 g/mol. The Labute approximate surface area is 205 Å². The second-order valence-electron chi connectivity index (χ2n) is 8.93. The minimum Gasteiger partial charge on any atom is -0.351 e. The highest BCUT2D eigenvalue weighted by Gasteiger charge is 2.26. The van der Waals surface area contributed by atoms with E-state index in [1.54, 1.807) is 4.90 Å². The fraction of sp³-hybridized carbons (Fsp3) is 0.207. The molecule has 0 aliphatic carbocycles. The van der Waals surface area contributed by atoms with E-state index < -0.39 is 0 Å². The number of benzene rings is 3. The molecule has 1 atom stereocenters. The quantitative estimate of drug-likeness (QED) is 0.418. The first-order chi connectivity index (χ1) is 17.1. The number of aromatic nitrogens is 2. The highest BCUT2D eigenvalue weighted by Crippen LogP contribution is 2.29. The van der Waals surface area contributed by atoms with E-state index in [0.29, 0.717) is 31.6 Å². The zero-order valence-electron chi connectivity index (χ0n) is 19.7. The number of rotatable bonds is 7. The molecule has 0 fully saturated rings. The van der Waals surface area contributed by atoms with Gasteiger partial charge in [0.1, 0.15) is 5.82 Å². The van der Waals surface area contributed by atoms with Crippen LogP contribution in [0, 0.1) is 0 Å². The number of amides is 2. The smallest absolute Gasteiger partial charge is 0.251 e. The normalized spacial score (nSPS) is 13.9. The molecule has 0 saturated heterocycles. The van der Waals surface area contributed by atoms with Crippen molar-refractivity contribution in [1.82, 2.24) is 15.1 Å². The number of carbonyl (C=O) groups is 2. The van der Waals surface area contributed by atoms with E-state index in [1.807, 2.05) is 83.5 Å². The predicted octanol–water partition coefficient (Wildman–Crippen LogP) is 5.02. The first-order valence-corrected chi connectivity index (χ1v) is 11.9. The Morgan fingerprint density at radius 2 is 1.66 bits per heavy atom. The third kappa shape index (κ3) is 5.01. The fourth-order valence-electron chi connectivity index (χ4n) is 4.36. The molecule has 3 aromatic carbocycles. The molecule has 0 spiro atoms. The number of fused-ring (bicyclic) bond motifs is 1. The molecule has 176 valence electrons. The summed E-state index contributed by atoms with van der Waals surface area (Å²) in [5.41, 5.74) is 4.65. The van der Waals surface area contributed by atoms with Crippen LogP contribution in [0.25, 0.3) is 11.3 Å². The molecule has 1 aliphatic rings. The number of hydrogen-bond acceptors (Lipinski definition) is 3. The SMILES string of the molecule is C[C@@H](CNC(=O)c1ccc(CN2C(=O)CCn3nc(-c4ccccc4)cc32)cc1)c1ccccc1. The molecular formula is C29H28N4O2. The highest BCUT2D eigenvalue weighted by atomic mass is 16.2. The van der Waals surface area contributed by atoms with E-state index in [-0.39, 0.29) is 17.7 Å². The standard InChI is InChI=1S/C29H28N4O2/c1-21(23-8-4-2-5-9-23)19-30-29(35)25-14-12-22(13-15-25)20-32-27-18-26(24-10-6-3-7-11-24)31-33(27)17-16-28(32)34/h2-15,18,21H,16-17,19-20H2,1H3,(H,30,35)/t21-/m0/s1. The van der Waals surface area contributed by atoms with Gasteiger partial charge in [-0.3, -0.25) is 14.5 Å². The highest BCUT2D eigenvalue weighted by molar-refractivity contribution is 5.95. The molecule has 1 N–H and O–H groups in total. The molecule has 0 saturated carbocycles. The maximum atomic E-state index is 12.8. The van der Waals surface area contributed by atoms with Gasteiger partial charge in [-0.15, -0.1) is 0 Å². The van der Waals surface area contributed by atoms with Crippen molar-refractivity contribution in [1.29, 1.82) is 0 Å². The van der Waals surface area contributed by atoms with Crippen LogP contribution in [0.3, 0.4) is 0 Å². The summed E-state index contributed by atoms with van der Waals surface area (Å²) in [5.74, 6) is 1.01. The van der Waals surface area contributed by atoms with Crippen LogP contribution in [0.5, 0.6) is 0 Å². The van der Waals surface area contributed by atoms with Crippen molar-refractivity contribution in [2.45, 2.75) is 32.4 Å². The lowest BCUT2D eigenvalue weighted by molar-refractivity contribution is -0.119. The maximum absolute atomic E-state index is 12.8. The largest absolute Gasteiger partial charge is 0.351 e. The second kappa shape index (κ2) is 9.97. The lowest BCUT2D eigenvalue weighted by Gasteiger charge is -2.27. The van der Waals surface area contributed by atoms with E-state index in [4.69, 9.17) is 5.10 Å². The van der Waals surface area contributed by atoms with Gasteiger partial charge in [0.05, 0.1) is 18.8 Å². The van der Waals surface area contributed by atoms with Gasteiger partial charge in [0.25, 0.3) is 5.91 Å². The van der Waals surface area contributed by atoms with Gasteiger partial charge in [0, 0.05) is 30.2 Å². The lowest BCUT2D eigenvalue weighted by atomic mass is 10.0. The maximum Gasteiger partial charge on any atom is 0.251 e. The fourth-order valence-corrected chi connectivity index (χ4v) is 4.36. The van der Waals surface area contributed by atoms with Crippen LogP contribution in [0.1, 0.15) is 40.7 Å². The van der Waals surface area contributed by atoms with Crippen molar-refractivity contribution in [3.8, 4) is 11.3 Å². The van der Waals surface area contributed by atoms with E-state index in [0.717, 1.165) is 22.6 Å². The molecule has 5 rings (SSSR count). The second-order valence-corrected chi connectivity index (χ2v) is 8.93. The van der Waals surface area contributed by atoms with E-state index in [1.165, 1.54) is 5.56 Å². The van der Waals surface area contributed by atoms with E-state index >= 15 is 0 Å². The minimum atomic E-state index is -0.0982. The van der Waals surface area contributed by atoms with Gasteiger partial charge >= 0.3 is 0 Å². The van der Waals surface area contributed by atoms with Crippen molar-refractivity contribution >= 4 is 17.6 Å². The summed E-state index contributed by atoms with van der Waals surface area (Å²) in [5, 5.41) is 7.73. The van der Waals surface area contributed by atoms with Crippen LogP contribution in [-0.4, -0.2) is 28.1 Å². The number of hydrogen-bond donors (Lipinski definition) is 1. The molecule has 2 amide bonds. The van der Waals surface area contributed by atoms with Crippen molar-refractivity contribution in [3.05, 3.63) is 108 Å². The van der Waals surface area contributed by atoms with Gasteiger partial charge < -0.3 is 5.32 Å². The molecule has 4 aromatic rings. The van der Waals surface area contributed by atoms with Crippen molar-refractivity contribution < 1.29 is 9.59 Å². The van der Waals surface area contributed by atoms with Gasteiger partial charge in [-0.05, 0) is 29.2 Å². The van der Waals surface area contributed by atoms with Crippen LogP contribution < -0.4 is 10.2 Å². The first-order valence-electron chi connectivity index (χ1n) is 11.9. The Morgan fingerprint density at radius 1 is 0.971 bits per heavy atom. The molecule has 2 heterocycles. The molecule has 0 radical (unpaired) electrons. The summed E-state index contributed by atoms with van der Waals surface area (Å²) >= 11 is 0. The van der Waals surface area contributed by atoms with Crippen molar-refractivity contribution in [2.75, 3.05) is 11.4 Å². The Hall–Kier alpha value is -4.19. The van der Waals surface area contributed by atoms with Gasteiger partial charge in [-0.2, -0.15) is 5.10 Å². The van der Waals surface area contributed by atoms with Crippen LogP contribution in [0.4, 0.5) is 5.82 Å². The van der Waals surface area contributed by atoms with E-state index in [2.05, 4.69) is 24.4 Å². The molecule has 35 heavy (non-hydrogen) atoms. The molecule has 1 aliphatic heterocycles. The predicted molar refractivity (Wildman–Crippen MR) is 137 cm³/mol. The Morgan fingerprint density at radius 3 is 2.37 bits per heavy atom. The van der Waals surface area contributed by atoms with Gasteiger partial charge in [0.15, 0.2) is 0 Å². The molecule has 6 nitrogen and oxygen atoms in total. The van der Waals surface area contributed by atoms with Gasteiger partial charge in [-0.1, -0.05) is 79.7 Å². The average Bonchev–Trinajstić information content (AvgIpc) is 3.35. The summed E-state index contributed by atoms with van der Waals surface area (Å²) in [7, 11) is 0. The Kier molecular flexibility index (Phi) is 6.44. The third-order valence-electron chi connectivity index (χ3n) is 6.44. The molecule has 1 aromatic heterocycles. The monoisotopic (exact) mass is 464 g/mol. The van der Waals surface area contributed by atoms with Crippen LogP contribution in [-0.2, 0) is 17.9 Å². The van der Waals surface area contributed by atoms with Crippen LogP contribution >= 0.6 is 0 Å². The van der Waals surface area contributed by atoms with Crippen molar-refractivity contribution in [2.24, 2.45) is 0 Å². The number of nitrogens with one attached hydrogen (secondary N) is 1. The van der Waals surface area contributed by atoms with Crippen LogP contribution in [0.15, 0.2) is 91.0 Å². The summed E-state index contributed by atoms with van der Waals surface area (Å²) in [6.45, 7) is 3.69. The van der Waals surface area contributed by atoms with Crippen molar-refractivity contribution in [3.63, 3.8) is 0 Å². The molecule has 6 heteroatoms. The summed E-state index contributed by atoms with van der Waals surface area (Å²) in [6, 6.07) is 29.6. The Balaban J connectivity index is 1.25. The number of carbonyl (C=O) groups excluding carboxylic acids is 2. The first kappa shape index (κ1) is 22.6. The van der Waals surface area contributed by atoms with E-state index in [9.17, 15) is 9.59 Å². The topological polar surface area (TPSA) is 67.2 Å². The van der Waals surface area contributed by atoms with Gasteiger partial charge in [-0.25, -0.2) is 4.68 Å². The number of anilines is 1. The summed E-state index contributed by atoms with van der Waals surface area (Å²) in [6.07, 6.45) is 0.420. The summed E-state index contributed by atoms with van der Waals surface area (Å²) in [4.78, 5) is 27.2. The zero-order chi connectivity index (χ0) is 24.2. The van der Waals surface area contributed by atoms with Crippen LogP contribution in [0.2, 0.25) is 0 Å².